The Morgan fingerprint density at radius 1 is 0.870 bits per heavy atom. The third-order valence-electron chi connectivity index (χ3n) is 3.56. The van der Waals surface area contributed by atoms with E-state index in [-0.39, 0.29) is 11.6 Å². The maximum atomic E-state index is 12.5. The van der Waals surface area contributed by atoms with Crippen LogP contribution in [-0.2, 0) is 0 Å². The zero-order valence-corrected chi connectivity index (χ0v) is 12.1. The maximum absolute atomic E-state index is 12.5. The van der Waals surface area contributed by atoms with Gasteiger partial charge in [0.25, 0.3) is 5.91 Å². The van der Waals surface area contributed by atoms with Crippen LogP contribution in [0.3, 0.4) is 0 Å². The monoisotopic (exact) mass is 300 g/mol. The van der Waals surface area contributed by atoms with E-state index in [9.17, 15) is 4.79 Å². The lowest BCUT2D eigenvalue weighted by Crippen LogP contribution is -2.14. The lowest BCUT2D eigenvalue weighted by Gasteiger charge is -2.07. The number of carbonyl (C=O) groups excluding carboxylic acids is 1. The second-order valence-electron chi connectivity index (χ2n) is 5.08. The first-order valence-electron chi connectivity index (χ1n) is 7.18. The molecule has 0 aliphatic heterocycles. The largest absolute Gasteiger partial charge is 0.319 e. The van der Waals surface area contributed by atoms with Crippen molar-refractivity contribution >= 4 is 33.5 Å². The van der Waals surface area contributed by atoms with Crippen LogP contribution in [0.2, 0.25) is 0 Å². The molecule has 2 aromatic carbocycles. The average molecular weight is 300 g/mol. The van der Waals surface area contributed by atoms with Gasteiger partial charge in [0.2, 0.25) is 0 Å². The van der Waals surface area contributed by atoms with Gasteiger partial charge in [-0.25, -0.2) is 4.98 Å². The second kappa shape index (κ2) is 5.46. The second-order valence-corrected chi connectivity index (χ2v) is 5.08. The van der Waals surface area contributed by atoms with Gasteiger partial charge in [-0.1, -0.05) is 30.3 Å². The van der Waals surface area contributed by atoms with Crippen LogP contribution in [0.5, 0.6) is 0 Å². The molecular weight excluding hydrogens is 288 g/mol. The molecule has 2 heterocycles. The number of fused-ring (bicyclic) bond motifs is 2. The van der Waals surface area contributed by atoms with Crippen LogP contribution in [0.1, 0.15) is 10.5 Å². The molecule has 110 valence electrons. The van der Waals surface area contributed by atoms with Crippen LogP contribution in [0.25, 0.3) is 21.9 Å². The third kappa shape index (κ3) is 2.48. The molecule has 1 amide bonds. The summed E-state index contributed by atoms with van der Waals surface area (Å²) in [5.74, 6) is -0.304. The molecule has 0 aliphatic carbocycles. The number of para-hydroxylation sites is 3. The van der Waals surface area contributed by atoms with Gasteiger partial charge in [0.05, 0.1) is 28.4 Å². The van der Waals surface area contributed by atoms with Gasteiger partial charge in [-0.3, -0.25) is 14.8 Å². The van der Waals surface area contributed by atoms with Crippen molar-refractivity contribution in [2.45, 2.75) is 0 Å². The number of nitrogens with zero attached hydrogens (tertiary/aromatic N) is 3. The van der Waals surface area contributed by atoms with Crippen molar-refractivity contribution in [1.29, 1.82) is 0 Å². The number of aromatic nitrogens is 3. The van der Waals surface area contributed by atoms with Gasteiger partial charge < -0.3 is 5.32 Å². The number of amides is 1. The minimum Gasteiger partial charge on any atom is -0.319 e. The summed E-state index contributed by atoms with van der Waals surface area (Å²) in [5, 5.41) is 3.83. The molecule has 5 nitrogen and oxygen atoms in total. The highest BCUT2D eigenvalue weighted by molar-refractivity contribution is 6.07. The van der Waals surface area contributed by atoms with E-state index in [1.54, 1.807) is 6.20 Å². The van der Waals surface area contributed by atoms with Crippen LogP contribution in [0.4, 0.5) is 5.69 Å². The number of hydrogen-bond acceptors (Lipinski definition) is 4. The minimum atomic E-state index is -0.304. The van der Waals surface area contributed by atoms with Crippen molar-refractivity contribution < 1.29 is 4.79 Å². The molecule has 0 bridgehead atoms. The summed E-state index contributed by atoms with van der Waals surface area (Å²) in [6.45, 7) is 0. The Bertz CT molecular complexity index is 1020. The van der Waals surface area contributed by atoms with Crippen molar-refractivity contribution in [3.8, 4) is 0 Å². The Hall–Kier alpha value is -3.34. The summed E-state index contributed by atoms with van der Waals surface area (Å²) >= 11 is 0. The molecule has 0 aliphatic rings. The van der Waals surface area contributed by atoms with Gasteiger partial charge in [0.15, 0.2) is 0 Å². The van der Waals surface area contributed by atoms with E-state index in [0.29, 0.717) is 11.2 Å². The summed E-state index contributed by atoms with van der Waals surface area (Å²) < 4.78 is 0. The first-order chi connectivity index (χ1) is 11.3. The maximum Gasteiger partial charge on any atom is 0.275 e. The zero-order chi connectivity index (χ0) is 15.6. The summed E-state index contributed by atoms with van der Waals surface area (Å²) in [6.07, 6.45) is 3.18. The van der Waals surface area contributed by atoms with Crippen molar-refractivity contribution in [2.24, 2.45) is 0 Å². The van der Waals surface area contributed by atoms with Gasteiger partial charge in [0, 0.05) is 11.6 Å². The number of rotatable bonds is 2. The van der Waals surface area contributed by atoms with Gasteiger partial charge in [-0.2, -0.15) is 0 Å². The lowest BCUT2D eigenvalue weighted by molar-refractivity contribution is 0.102. The predicted octanol–water partition coefficient (Wildman–Crippen LogP) is 3.43. The number of hydrogen-bond donors (Lipinski definition) is 1. The lowest BCUT2D eigenvalue weighted by atomic mass is 10.2. The summed E-state index contributed by atoms with van der Waals surface area (Å²) in [5.41, 5.74) is 3.13. The standard InChI is InChI=1S/C18H12N4O/c23-18(16-11-20-13-7-1-2-8-14(13)21-16)22-15-9-3-5-12-6-4-10-19-17(12)15/h1-11H,(H,22,23). The normalized spacial score (nSPS) is 10.8. The number of carbonyl (C=O) groups is 1. The molecule has 2 aromatic heterocycles. The first kappa shape index (κ1) is 13.3. The summed E-state index contributed by atoms with van der Waals surface area (Å²) in [4.78, 5) is 25.4. The Balaban J connectivity index is 1.70. The molecule has 0 saturated heterocycles. The summed E-state index contributed by atoms with van der Waals surface area (Å²) in [6, 6.07) is 16.9. The van der Waals surface area contributed by atoms with Gasteiger partial charge in [0.1, 0.15) is 5.69 Å². The van der Waals surface area contributed by atoms with E-state index in [4.69, 9.17) is 0 Å². The van der Waals surface area contributed by atoms with E-state index in [2.05, 4.69) is 20.3 Å². The number of pyridine rings is 1. The Labute approximate surface area is 132 Å². The average Bonchev–Trinajstić information content (AvgIpc) is 2.61. The molecule has 0 fully saturated rings. The molecule has 0 unspecified atom stereocenters. The van der Waals surface area contributed by atoms with Crippen molar-refractivity contribution in [3.05, 3.63) is 72.7 Å². The third-order valence-corrected chi connectivity index (χ3v) is 3.56. The number of benzene rings is 2. The van der Waals surface area contributed by atoms with Crippen LogP contribution < -0.4 is 5.32 Å². The molecule has 1 N–H and O–H groups in total. The fourth-order valence-corrected chi connectivity index (χ4v) is 2.46. The Morgan fingerprint density at radius 3 is 2.61 bits per heavy atom. The van der Waals surface area contributed by atoms with E-state index < -0.39 is 0 Å². The Morgan fingerprint density at radius 2 is 1.70 bits per heavy atom. The fraction of sp³-hybridized carbons (Fsp3) is 0. The molecule has 4 aromatic rings. The highest BCUT2D eigenvalue weighted by Crippen LogP contribution is 2.21. The smallest absolute Gasteiger partial charge is 0.275 e. The number of anilines is 1. The SMILES string of the molecule is O=C(Nc1cccc2cccnc12)c1cnc2ccccc2n1. The molecule has 4 rings (SSSR count). The molecular formula is C18H12N4O. The molecule has 0 spiro atoms. The van der Waals surface area contributed by atoms with Crippen LogP contribution >= 0.6 is 0 Å². The molecule has 0 atom stereocenters. The summed E-state index contributed by atoms with van der Waals surface area (Å²) in [7, 11) is 0. The number of nitrogens with one attached hydrogen (secondary N) is 1. The topological polar surface area (TPSA) is 67.8 Å². The quantitative estimate of drug-likeness (QED) is 0.616. The molecule has 23 heavy (non-hydrogen) atoms. The fourth-order valence-electron chi connectivity index (χ4n) is 2.46. The molecule has 5 heteroatoms. The Kier molecular flexibility index (Phi) is 3.16. The van der Waals surface area contributed by atoms with E-state index in [0.717, 1.165) is 16.4 Å². The minimum absolute atomic E-state index is 0.275. The van der Waals surface area contributed by atoms with E-state index >= 15 is 0 Å². The van der Waals surface area contributed by atoms with Gasteiger partial charge in [-0.15, -0.1) is 0 Å². The van der Waals surface area contributed by atoms with Crippen molar-refractivity contribution in [1.82, 2.24) is 15.0 Å². The van der Waals surface area contributed by atoms with E-state index in [1.165, 1.54) is 6.20 Å². The van der Waals surface area contributed by atoms with Crippen LogP contribution in [0, 0.1) is 0 Å². The van der Waals surface area contributed by atoms with E-state index in [1.807, 2.05) is 54.6 Å². The molecule has 0 saturated carbocycles. The zero-order valence-electron chi connectivity index (χ0n) is 12.1. The highest BCUT2D eigenvalue weighted by atomic mass is 16.1. The van der Waals surface area contributed by atoms with Crippen LogP contribution in [0.15, 0.2) is 67.0 Å². The van der Waals surface area contributed by atoms with Gasteiger partial charge >= 0.3 is 0 Å². The van der Waals surface area contributed by atoms with Crippen molar-refractivity contribution in [3.63, 3.8) is 0 Å². The molecule has 0 radical (unpaired) electrons. The first-order valence-corrected chi connectivity index (χ1v) is 7.18. The predicted molar refractivity (Wildman–Crippen MR) is 89.2 cm³/mol. The van der Waals surface area contributed by atoms with Crippen molar-refractivity contribution in [2.75, 3.05) is 5.32 Å². The highest BCUT2D eigenvalue weighted by Gasteiger charge is 2.11. The van der Waals surface area contributed by atoms with Crippen LogP contribution in [-0.4, -0.2) is 20.9 Å². The van der Waals surface area contributed by atoms with Gasteiger partial charge in [-0.05, 0) is 24.3 Å².